The Morgan fingerprint density at radius 3 is 2.36 bits per heavy atom. The van der Waals surface area contributed by atoms with Crippen molar-refractivity contribution < 1.29 is 27.5 Å². The summed E-state index contributed by atoms with van der Waals surface area (Å²) < 4.78 is 42.4. The molecular formula is C16H14F3N3O3. The number of anilines is 1. The van der Waals surface area contributed by atoms with Gasteiger partial charge in [0.2, 0.25) is 0 Å². The second-order valence-electron chi connectivity index (χ2n) is 5.10. The van der Waals surface area contributed by atoms with E-state index in [2.05, 4.69) is 15.3 Å². The molecule has 0 bridgehead atoms. The first kappa shape index (κ1) is 18.4. The highest BCUT2D eigenvalue weighted by molar-refractivity contribution is 5.96. The number of halogens is 3. The fourth-order valence-corrected chi connectivity index (χ4v) is 1.83. The molecule has 6 nitrogen and oxygen atoms in total. The number of nitrogens with one attached hydrogen (secondary N) is 1. The molecule has 1 heterocycles. The molecule has 1 atom stereocenters. The summed E-state index contributed by atoms with van der Waals surface area (Å²) in [4.78, 5) is 31.6. The van der Waals surface area contributed by atoms with E-state index in [4.69, 9.17) is 4.74 Å². The number of ether oxygens (including phenoxy) is 1. The molecule has 2 aromatic rings. The van der Waals surface area contributed by atoms with Gasteiger partial charge in [-0.2, -0.15) is 13.2 Å². The van der Waals surface area contributed by atoms with Crippen molar-refractivity contribution in [1.29, 1.82) is 0 Å². The molecule has 1 aromatic carbocycles. The molecule has 1 aromatic heterocycles. The quantitative estimate of drug-likeness (QED) is 0.855. The lowest BCUT2D eigenvalue weighted by Crippen LogP contribution is -2.30. The molecule has 2 rings (SSSR count). The van der Waals surface area contributed by atoms with Crippen LogP contribution in [0.3, 0.4) is 0 Å². The third kappa shape index (κ3) is 5.00. The Kier molecular flexibility index (Phi) is 5.35. The molecule has 0 spiro atoms. The number of aromatic nitrogens is 2. The van der Waals surface area contributed by atoms with Gasteiger partial charge in [0.15, 0.2) is 11.8 Å². The summed E-state index contributed by atoms with van der Waals surface area (Å²) >= 11 is 0. The smallest absolute Gasteiger partial charge is 0.416 e. The Morgan fingerprint density at radius 1 is 1.16 bits per heavy atom. The number of carbonyl (C=O) groups is 2. The zero-order valence-corrected chi connectivity index (χ0v) is 13.3. The van der Waals surface area contributed by atoms with E-state index in [-0.39, 0.29) is 11.4 Å². The van der Waals surface area contributed by atoms with E-state index in [1.165, 1.54) is 19.2 Å². The molecule has 1 amide bonds. The maximum Gasteiger partial charge on any atom is 0.416 e. The minimum Gasteiger partial charge on any atom is -0.448 e. The van der Waals surface area contributed by atoms with E-state index < -0.39 is 29.7 Å². The predicted molar refractivity (Wildman–Crippen MR) is 81.7 cm³/mol. The lowest BCUT2D eigenvalue weighted by molar-refractivity contribution is -0.137. The lowest BCUT2D eigenvalue weighted by atomic mass is 10.2. The number of aryl methyl sites for hydroxylation is 1. The van der Waals surface area contributed by atoms with Crippen molar-refractivity contribution >= 4 is 17.6 Å². The average molecular weight is 353 g/mol. The highest BCUT2D eigenvalue weighted by Gasteiger charge is 2.30. The summed E-state index contributed by atoms with van der Waals surface area (Å²) in [5.74, 6) is -1.12. The molecule has 0 saturated heterocycles. The van der Waals surface area contributed by atoms with Gasteiger partial charge in [-0.25, -0.2) is 14.8 Å². The maximum absolute atomic E-state index is 12.5. The summed E-state index contributed by atoms with van der Waals surface area (Å²) in [6.45, 7) is 2.93. The zero-order chi connectivity index (χ0) is 18.6. The Balaban J connectivity index is 1.97. The van der Waals surface area contributed by atoms with Gasteiger partial charge in [-0.15, -0.1) is 0 Å². The molecule has 0 unspecified atom stereocenters. The van der Waals surface area contributed by atoms with E-state index in [0.717, 1.165) is 24.3 Å². The van der Waals surface area contributed by atoms with Gasteiger partial charge in [0.05, 0.1) is 5.56 Å². The van der Waals surface area contributed by atoms with Gasteiger partial charge in [-0.1, -0.05) is 0 Å². The first-order chi connectivity index (χ1) is 11.7. The van der Waals surface area contributed by atoms with Gasteiger partial charge < -0.3 is 10.1 Å². The number of benzene rings is 1. The minimum absolute atomic E-state index is 0.00156. The van der Waals surface area contributed by atoms with E-state index in [1.54, 1.807) is 6.92 Å². The second kappa shape index (κ2) is 7.29. The third-order valence-corrected chi connectivity index (χ3v) is 3.12. The summed E-state index contributed by atoms with van der Waals surface area (Å²) in [5.41, 5.74) is -0.676. The lowest BCUT2D eigenvalue weighted by Gasteiger charge is -2.14. The Morgan fingerprint density at radius 2 is 1.80 bits per heavy atom. The van der Waals surface area contributed by atoms with Gasteiger partial charge in [0.25, 0.3) is 5.91 Å². The highest BCUT2D eigenvalue weighted by atomic mass is 19.4. The van der Waals surface area contributed by atoms with Crippen LogP contribution in [-0.2, 0) is 15.7 Å². The van der Waals surface area contributed by atoms with Crippen LogP contribution in [0.2, 0.25) is 0 Å². The molecule has 9 heteroatoms. The molecule has 25 heavy (non-hydrogen) atoms. The van der Waals surface area contributed by atoms with Crippen LogP contribution in [0, 0.1) is 6.92 Å². The van der Waals surface area contributed by atoms with Crippen LogP contribution < -0.4 is 5.32 Å². The molecule has 1 N–H and O–H groups in total. The molecular weight excluding hydrogens is 339 g/mol. The number of alkyl halides is 3. The molecule has 0 saturated carbocycles. The van der Waals surface area contributed by atoms with Gasteiger partial charge in [-0.05, 0) is 44.2 Å². The Labute approximate surface area is 141 Å². The first-order valence-electron chi connectivity index (χ1n) is 7.15. The summed E-state index contributed by atoms with van der Waals surface area (Å²) in [7, 11) is 0. The second-order valence-corrected chi connectivity index (χ2v) is 5.10. The van der Waals surface area contributed by atoms with Crippen LogP contribution in [0.1, 0.15) is 28.8 Å². The number of amides is 1. The van der Waals surface area contributed by atoms with Crippen LogP contribution in [0.15, 0.2) is 36.5 Å². The highest BCUT2D eigenvalue weighted by Crippen LogP contribution is 2.29. The summed E-state index contributed by atoms with van der Waals surface area (Å²) in [6.07, 6.45) is -4.24. The Bertz CT molecular complexity index is 776. The van der Waals surface area contributed by atoms with Gasteiger partial charge in [-0.3, -0.25) is 4.79 Å². The third-order valence-electron chi connectivity index (χ3n) is 3.12. The summed E-state index contributed by atoms with van der Waals surface area (Å²) in [5, 5.41) is 2.37. The number of nitrogens with zero attached hydrogens (tertiary/aromatic N) is 2. The molecule has 0 aliphatic carbocycles. The van der Waals surface area contributed by atoms with Gasteiger partial charge in [0.1, 0.15) is 5.82 Å². The van der Waals surface area contributed by atoms with E-state index in [0.29, 0.717) is 5.82 Å². The number of hydrogen-bond acceptors (Lipinski definition) is 5. The number of esters is 1. The number of carbonyl (C=O) groups excluding carboxylic acids is 2. The number of hydrogen-bond donors (Lipinski definition) is 1. The van der Waals surface area contributed by atoms with Crippen LogP contribution in [-0.4, -0.2) is 27.9 Å². The molecule has 132 valence electrons. The van der Waals surface area contributed by atoms with Crippen molar-refractivity contribution in [3.8, 4) is 0 Å². The van der Waals surface area contributed by atoms with Gasteiger partial charge >= 0.3 is 12.1 Å². The predicted octanol–water partition coefficient (Wildman–Crippen LogP) is 2.99. The van der Waals surface area contributed by atoms with Crippen LogP contribution in [0.5, 0.6) is 0 Å². The normalized spacial score (nSPS) is 12.4. The van der Waals surface area contributed by atoms with Crippen molar-refractivity contribution in [1.82, 2.24) is 9.97 Å². The first-order valence-corrected chi connectivity index (χ1v) is 7.15. The molecule has 0 radical (unpaired) electrons. The van der Waals surface area contributed by atoms with Crippen molar-refractivity contribution in [2.45, 2.75) is 26.1 Å². The minimum atomic E-state index is -4.46. The SMILES string of the molecule is Cc1nccc(C(=O)O[C@H](C)C(=O)Nc2ccc(C(F)(F)F)cc2)n1. The maximum atomic E-state index is 12.5. The fourth-order valence-electron chi connectivity index (χ4n) is 1.83. The molecule has 0 fully saturated rings. The van der Waals surface area contributed by atoms with Crippen molar-refractivity contribution in [3.05, 3.63) is 53.6 Å². The number of rotatable bonds is 4. The molecule has 0 aliphatic rings. The Hall–Kier alpha value is -2.97. The van der Waals surface area contributed by atoms with Crippen molar-refractivity contribution in [2.75, 3.05) is 5.32 Å². The van der Waals surface area contributed by atoms with Crippen LogP contribution in [0.25, 0.3) is 0 Å². The largest absolute Gasteiger partial charge is 0.448 e. The van der Waals surface area contributed by atoms with Crippen LogP contribution in [0.4, 0.5) is 18.9 Å². The van der Waals surface area contributed by atoms with E-state index in [1.807, 2.05) is 0 Å². The van der Waals surface area contributed by atoms with Gasteiger partial charge in [0, 0.05) is 11.9 Å². The fraction of sp³-hybridized carbons (Fsp3) is 0.250. The zero-order valence-electron chi connectivity index (χ0n) is 13.3. The summed E-state index contributed by atoms with van der Waals surface area (Å²) in [6, 6.07) is 5.26. The van der Waals surface area contributed by atoms with Crippen LogP contribution >= 0.6 is 0 Å². The van der Waals surface area contributed by atoms with Crippen molar-refractivity contribution in [3.63, 3.8) is 0 Å². The van der Waals surface area contributed by atoms with E-state index >= 15 is 0 Å². The topological polar surface area (TPSA) is 81.2 Å². The van der Waals surface area contributed by atoms with E-state index in [9.17, 15) is 22.8 Å². The average Bonchev–Trinajstić information content (AvgIpc) is 2.54. The molecule has 0 aliphatic heterocycles. The van der Waals surface area contributed by atoms with Crippen molar-refractivity contribution in [2.24, 2.45) is 0 Å². The standard InChI is InChI=1S/C16H14F3N3O3/c1-9(25-15(24)13-7-8-20-10(2)21-13)14(23)22-12-5-3-11(4-6-12)16(17,18)19/h3-9H,1-2H3,(H,22,23)/t9-/m1/s1. The monoisotopic (exact) mass is 353 g/mol.